The predicted molar refractivity (Wildman–Crippen MR) is 118 cm³/mol. The lowest BCUT2D eigenvalue weighted by Crippen LogP contribution is -1.98. The van der Waals surface area contributed by atoms with Crippen LogP contribution in [0.15, 0.2) is 60.7 Å². The number of aromatic amines is 1. The molecule has 4 aromatic rings. The Labute approximate surface area is 169 Å². The van der Waals surface area contributed by atoms with Crippen molar-refractivity contribution in [2.75, 3.05) is 32.4 Å². The summed E-state index contributed by atoms with van der Waals surface area (Å²) in [5.41, 5.74) is 10.8. The third kappa shape index (κ3) is 3.40. The molecule has 0 unspecified atom stereocenters. The van der Waals surface area contributed by atoms with Crippen LogP contribution in [0.2, 0.25) is 0 Å². The van der Waals surface area contributed by atoms with Crippen molar-refractivity contribution in [2.45, 2.75) is 0 Å². The normalized spacial score (nSPS) is 10.7. The Bertz CT molecular complexity index is 1140. The van der Waals surface area contributed by atoms with Crippen molar-refractivity contribution in [3.05, 3.63) is 60.7 Å². The fourth-order valence-corrected chi connectivity index (χ4v) is 3.50. The summed E-state index contributed by atoms with van der Waals surface area (Å²) in [6.07, 6.45) is 0. The number of anilines is 3. The molecule has 6 nitrogen and oxygen atoms in total. The molecule has 0 spiro atoms. The maximum absolute atomic E-state index is 6.20. The quantitative estimate of drug-likeness (QED) is 0.396. The number of ether oxygens (including phenoxy) is 3. The van der Waals surface area contributed by atoms with E-state index in [0.717, 1.165) is 39.2 Å². The third-order valence-electron chi connectivity index (χ3n) is 4.85. The van der Waals surface area contributed by atoms with Crippen molar-refractivity contribution in [2.24, 2.45) is 0 Å². The molecule has 3 aromatic carbocycles. The second-order valence-electron chi connectivity index (χ2n) is 6.58. The highest BCUT2D eigenvalue weighted by Gasteiger charge is 2.14. The molecule has 0 saturated heterocycles. The molecule has 0 aliphatic heterocycles. The minimum atomic E-state index is 0.555. The molecular formula is C23H23N3O3. The average molecular weight is 389 g/mol. The van der Waals surface area contributed by atoms with E-state index in [9.17, 15) is 0 Å². The molecule has 0 aliphatic carbocycles. The lowest BCUT2D eigenvalue weighted by atomic mass is 10.0. The first-order valence-corrected chi connectivity index (χ1v) is 9.18. The Morgan fingerprint density at radius 1 is 0.793 bits per heavy atom. The van der Waals surface area contributed by atoms with Crippen LogP contribution in [-0.2, 0) is 0 Å². The average Bonchev–Trinajstić information content (AvgIpc) is 3.15. The lowest BCUT2D eigenvalue weighted by molar-refractivity contribution is 0.324. The van der Waals surface area contributed by atoms with Gasteiger partial charge in [-0.05, 0) is 12.1 Å². The van der Waals surface area contributed by atoms with Crippen molar-refractivity contribution >= 4 is 28.1 Å². The number of para-hydroxylation sites is 2. The number of rotatable bonds is 6. The van der Waals surface area contributed by atoms with Gasteiger partial charge in [0.2, 0.25) is 5.75 Å². The van der Waals surface area contributed by atoms with Crippen molar-refractivity contribution in [1.29, 1.82) is 0 Å². The van der Waals surface area contributed by atoms with Gasteiger partial charge in [0, 0.05) is 40.0 Å². The molecule has 0 fully saturated rings. The number of H-pyrrole nitrogens is 1. The van der Waals surface area contributed by atoms with Crippen molar-refractivity contribution in [3.8, 4) is 28.4 Å². The second kappa shape index (κ2) is 7.67. The molecule has 0 saturated carbocycles. The minimum absolute atomic E-state index is 0.555. The number of benzene rings is 3. The highest BCUT2D eigenvalue weighted by atomic mass is 16.5. The maximum Gasteiger partial charge on any atom is 0.203 e. The van der Waals surface area contributed by atoms with Crippen LogP contribution >= 0.6 is 0 Å². The van der Waals surface area contributed by atoms with Gasteiger partial charge in [0.25, 0.3) is 0 Å². The highest BCUT2D eigenvalue weighted by Crippen LogP contribution is 2.41. The van der Waals surface area contributed by atoms with Crippen molar-refractivity contribution in [3.63, 3.8) is 0 Å². The third-order valence-corrected chi connectivity index (χ3v) is 4.85. The zero-order chi connectivity index (χ0) is 20.4. The second-order valence-corrected chi connectivity index (χ2v) is 6.58. The van der Waals surface area contributed by atoms with E-state index in [-0.39, 0.29) is 0 Å². The number of hydrogen-bond donors (Lipinski definition) is 3. The van der Waals surface area contributed by atoms with E-state index in [1.54, 1.807) is 21.3 Å². The van der Waals surface area contributed by atoms with Crippen molar-refractivity contribution in [1.82, 2.24) is 4.98 Å². The fraction of sp³-hybridized carbons (Fsp3) is 0.130. The first kappa shape index (κ1) is 18.6. The minimum Gasteiger partial charge on any atom is -0.493 e. The monoisotopic (exact) mass is 389 g/mol. The lowest BCUT2D eigenvalue weighted by Gasteiger charge is -2.14. The zero-order valence-electron chi connectivity index (χ0n) is 16.6. The molecule has 148 valence electrons. The van der Waals surface area contributed by atoms with Crippen LogP contribution < -0.4 is 25.3 Å². The maximum atomic E-state index is 6.20. The largest absolute Gasteiger partial charge is 0.493 e. The van der Waals surface area contributed by atoms with Gasteiger partial charge in [0.1, 0.15) is 5.82 Å². The smallest absolute Gasteiger partial charge is 0.203 e. The van der Waals surface area contributed by atoms with E-state index in [4.69, 9.17) is 19.9 Å². The summed E-state index contributed by atoms with van der Waals surface area (Å²) in [5.74, 6) is 2.57. The standard InChI is InChI=1S/C23H23N3O3/c1-27-19-12-15(13-20(28-2)23(19)29-3)25-21-11-14-7-6-9-17(22(14)26-21)16-8-4-5-10-18(16)24/h4-13,25-26H,24H2,1-3H3. The molecule has 1 heterocycles. The Balaban J connectivity index is 1.75. The Hall–Kier alpha value is -3.80. The number of nitrogens with one attached hydrogen (secondary N) is 2. The molecule has 1 aromatic heterocycles. The van der Waals surface area contributed by atoms with Crippen molar-refractivity contribution < 1.29 is 14.2 Å². The summed E-state index contributed by atoms with van der Waals surface area (Å²) >= 11 is 0. The van der Waals surface area contributed by atoms with Crippen LogP contribution in [0.4, 0.5) is 17.2 Å². The molecule has 4 rings (SSSR count). The first-order chi connectivity index (χ1) is 14.1. The van der Waals surface area contributed by atoms with Crippen LogP contribution in [-0.4, -0.2) is 26.3 Å². The summed E-state index contributed by atoms with van der Waals surface area (Å²) < 4.78 is 16.3. The molecule has 6 heteroatoms. The summed E-state index contributed by atoms with van der Waals surface area (Å²) in [6, 6.07) is 19.8. The topological polar surface area (TPSA) is 81.5 Å². The Kier molecular flexibility index (Phi) is 4.91. The van der Waals surface area contributed by atoms with Gasteiger partial charge < -0.3 is 30.2 Å². The molecule has 29 heavy (non-hydrogen) atoms. The van der Waals surface area contributed by atoms with E-state index < -0.39 is 0 Å². The molecule has 4 N–H and O–H groups in total. The summed E-state index contributed by atoms with van der Waals surface area (Å²) in [4.78, 5) is 3.46. The predicted octanol–water partition coefficient (Wildman–Crippen LogP) is 5.19. The van der Waals surface area contributed by atoms with E-state index in [0.29, 0.717) is 17.2 Å². The molecule has 0 radical (unpaired) electrons. The fourth-order valence-electron chi connectivity index (χ4n) is 3.50. The van der Waals surface area contributed by atoms with E-state index in [1.165, 1.54) is 0 Å². The van der Waals surface area contributed by atoms with Crippen LogP contribution in [0.25, 0.3) is 22.0 Å². The van der Waals surface area contributed by atoms with Crippen LogP contribution in [0.3, 0.4) is 0 Å². The first-order valence-electron chi connectivity index (χ1n) is 9.18. The van der Waals surface area contributed by atoms with Gasteiger partial charge in [-0.25, -0.2) is 0 Å². The van der Waals surface area contributed by atoms with Crippen LogP contribution in [0.5, 0.6) is 17.2 Å². The number of nitrogen functional groups attached to an aromatic ring is 1. The summed E-state index contributed by atoms with van der Waals surface area (Å²) in [7, 11) is 4.78. The Morgan fingerprint density at radius 3 is 2.14 bits per heavy atom. The van der Waals surface area contributed by atoms with Gasteiger partial charge in [-0.15, -0.1) is 0 Å². The highest BCUT2D eigenvalue weighted by molar-refractivity contribution is 5.99. The van der Waals surface area contributed by atoms with Gasteiger partial charge in [-0.3, -0.25) is 0 Å². The number of fused-ring (bicyclic) bond motifs is 1. The number of nitrogens with two attached hydrogens (primary N) is 1. The molecular weight excluding hydrogens is 366 g/mol. The number of aromatic nitrogens is 1. The Morgan fingerprint density at radius 2 is 1.48 bits per heavy atom. The molecule has 0 amide bonds. The van der Waals surface area contributed by atoms with Gasteiger partial charge in [-0.1, -0.05) is 36.4 Å². The molecule has 0 aliphatic rings. The number of hydrogen-bond acceptors (Lipinski definition) is 5. The summed E-state index contributed by atoms with van der Waals surface area (Å²) in [6.45, 7) is 0. The van der Waals surface area contributed by atoms with Gasteiger partial charge in [-0.2, -0.15) is 0 Å². The van der Waals surface area contributed by atoms with Crippen LogP contribution in [0, 0.1) is 0 Å². The number of methoxy groups -OCH3 is 3. The van der Waals surface area contributed by atoms with Gasteiger partial charge in [0.05, 0.1) is 26.8 Å². The van der Waals surface area contributed by atoms with E-state index in [2.05, 4.69) is 28.5 Å². The van der Waals surface area contributed by atoms with Gasteiger partial charge >= 0.3 is 0 Å². The molecule has 0 atom stereocenters. The summed E-state index contributed by atoms with van der Waals surface area (Å²) in [5, 5.41) is 4.47. The zero-order valence-corrected chi connectivity index (χ0v) is 16.6. The molecule has 0 bridgehead atoms. The van der Waals surface area contributed by atoms with E-state index >= 15 is 0 Å². The SMILES string of the molecule is COc1cc(Nc2cc3cccc(-c4ccccc4N)c3[nH]2)cc(OC)c1OC. The van der Waals surface area contributed by atoms with Crippen LogP contribution in [0.1, 0.15) is 0 Å². The van der Waals surface area contributed by atoms with E-state index in [1.807, 2.05) is 42.5 Å². The van der Waals surface area contributed by atoms with Gasteiger partial charge in [0.15, 0.2) is 11.5 Å².